The monoisotopic (exact) mass is 382 g/mol. The number of hydrogen-bond acceptors (Lipinski definition) is 3. The number of carbonyl (C=O) groups is 1. The topological polar surface area (TPSA) is 66.0 Å². The Hall–Kier alpha value is -3.02. The van der Waals surface area contributed by atoms with Crippen LogP contribution in [-0.4, -0.2) is 57.6 Å². The second kappa shape index (κ2) is 11.6. The van der Waals surface area contributed by atoms with Crippen LogP contribution in [0, 0.1) is 0 Å². The molecule has 0 atom stereocenters. The number of methoxy groups -OCH3 is 1. The molecule has 0 unspecified atom stereocenters. The molecule has 0 fully saturated rings. The number of carbonyl (C=O) groups excluding carboxylic acids is 1. The van der Waals surface area contributed by atoms with Gasteiger partial charge in [-0.3, -0.25) is 4.79 Å². The van der Waals surface area contributed by atoms with Gasteiger partial charge in [-0.25, -0.2) is 4.99 Å². The van der Waals surface area contributed by atoms with Crippen molar-refractivity contribution in [3.05, 3.63) is 65.7 Å². The molecular formula is C22H30N4O2. The van der Waals surface area contributed by atoms with Crippen LogP contribution >= 0.6 is 0 Å². The number of ether oxygens (including phenoxy) is 1. The Balaban J connectivity index is 1.86. The maximum Gasteiger partial charge on any atom is 0.243 e. The highest BCUT2D eigenvalue weighted by Gasteiger charge is 2.05. The maximum atomic E-state index is 11.8. The van der Waals surface area contributed by atoms with E-state index in [0.29, 0.717) is 5.96 Å². The molecule has 0 aromatic heterocycles. The molecule has 0 bridgehead atoms. The molecular weight excluding hydrogens is 352 g/mol. The van der Waals surface area contributed by atoms with Gasteiger partial charge in [-0.1, -0.05) is 42.5 Å². The van der Waals surface area contributed by atoms with Crippen molar-refractivity contribution in [2.75, 3.05) is 40.8 Å². The average Bonchev–Trinajstić information content (AvgIpc) is 2.72. The molecule has 2 rings (SSSR count). The normalized spacial score (nSPS) is 11.0. The summed E-state index contributed by atoms with van der Waals surface area (Å²) in [6.07, 6.45) is 1.74. The van der Waals surface area contributed by atoms with Crippen molar-refractivity contribution < 1.29 is 9.53 Å². The highest BCUT2D eigenvalue weighted by atomic mass is 16.5. The first-order chi connectivity index (χ1) is 13.6. The SMILES string of the molecule is COc1ccc(CCNC(=NCC(=O)N(C)C)NCCc2ccccc2)cc1. The lowest BCUT2D eigenvalue weighted by Gasteiger charge is -2.14. The second-order valence-corrected chi connectivity index (χ2v) is 6.64. The fourth-order valence-electron chi connectivity index (χ4n) is 2.55. The average molecular weight is 383 g/mol. The lowest BCUT2D eigenvalue weighted by Crippen LogP contribution is -2.40. The van der Waals surface area contributed by atoms with Gasteiger partial charge in [0.15, 0.2) is 5.96 Å². The molecule has 6 heteroatoms. The Morgan fingerprint density at radius 3 is 2.04 bits per heavy atom. The van der Waals surface area contributed by atoms with E-state index in [4.69, 9.17) is 4.74 Å². The third kappa shape index (κ3) is 7.70. The van der Waals surface area contributed by atoms with E-state index in [-0.39, 0.29) is 12.5 Å². The van der Waals surface area contributed by atoms with Gasteiger partial charge < -0.3 is 20.3 Å². The summed E-state index contributed by atoms with van der Waals surface area (Å²) < 4.78 is 5.19. The first kappa shape index (κ1) is 21.3. The molecule has 0 aliphatic heterocycles. The third-order valence-corrected chi connectivity index (χ3v) is 4.29. The van der Waals surface area contributed by atoms with Crippen LogP contribution in [0.5, 0.6) is 5.75 Å². The summed E-state index contributed by atoms with van der Waals surface area (Å²) in [6, 6.07) is 18.3. The first-order valence-electron chi connectivity index (χ1n) is 9.47. The van der Waals surface area contributed by atoms with Crippen molar-refractivity contribution in [3.63, 3.8) is 0 Å². The van der Waals surface area contributed by atoms with Crippen LogP contribution in [-0.2, 0) is 17.6 Å². The third-order valence-electron chi connectivity index (χ3n) is 4.29. The minimum Gasteiger partial charge on any atom is -0.497 e. The molecule has 0 aliphatic rings. The molecule has 28 heavy (non-hydrogen) atoms. The minimum absolute atomic E-state index is 0.0284. The molecule has 150 valence electrons. The quantitative estimate of drug-likeness (QED) is 0.515. The predicted octanol–water partition coefficient (Wildman–Crippen LogP) is 2.10. The number of aliphatic imine (C=N–C) groups is 1. The van der Waals surface area contributed by atoms with E-state index in [0.717, 1.165) is 31.7 Å². The number of amides is 1. The van der Waals surface area contributed by atoms with Gasteiger partial charge in [0.05, 0.1) is 7.11 Å². The number of nitrogens with one attached hydrogen (secondary N) is 2. The smallest absolute Gasteiger partial charge is 0.243 e. The van der Waals surface area contributed by atoms with Crippen LogP contribution in [0.2, 0.25) is 0 Å². The summed E-state index contributed by atoms with van der Waals surface area (Å²) in [4.78, 5) is 17.8. The lowest BCUT2D eigenvalue weighted by atomic mass is 10.1. The minimum atomic E-state index is -0.0284. The number of hydrogen-bond donors (Lipinski definition) is 2. The molecule has 0 saturated heterocycles. The number of benzene rings is 2. The zero-order valence-corrected chi connectivity index (χ0v) is 16.9. The summed E-state index contributed by atoms with van der Waals surface area (Å²) in [5.74, 6) is 1.47. The van der Waals surface area contributed by atoms with E-state index in [9.17, 15) is 4.79 Å². The molecule has 0 saturated carbocycles. The predicted molar refractivity (Wildman–Crippen MR) is 114 cm³/mol. The largest absolute Gasteiger partial charge is 0.497 e. The maximum absolute atomic E-state index is 11.8. The number of rotatable bonds is 9. The highest BCUT2D eigenvalue weighted by molar-refractivity contribution is 5.84. The molecule has 0 radical (unpaired) electrons. The Labute approximate surface area is 167 Å². The van der Waals surface area contributed by atoms with Gasteiger partial charge in [0.25, 0.3) is 0 Å². The van der Waals surface area contributed by atoms with Crippen LogP contribution in [0.4, 0.5) is 0 Å². The number of likely N-dealkylation sites (N-methyl/N-ethyl adjacent to an activating group) is 1. The van der Waals surface area contributed by atoms with Gasteiger partial charge in [0.1, 0.15) is 12.3 Å². The zero-order chi connectivity index (χ0) is 20.2. The van der Waals surface area contributed by atoms with E-state index in [1.54, 1.807) is 26.1 Å². The summed E-state index contributed by atoms with van der Waals surface area (Å²) in [5, 5.41) is 6.63. The van der Waals surface area contributed by atoms with Gasteiger partial charge in [0.2, 0.25) is 5.91 Å². The summed E-state index contributed by atoms with van der Waals surface area (Å²) in [6.45, 7) is 1.59. The van der Waals surface area contributed by atoms with Crippen molar-refractivity contribution in [2.45, 2.75) is 12.8 Å². The lowest BCUT2D eigenvalue weighted by molar-refractivity contribution is -0.127. The number of guanidine groups is 1. The molecule has 6 nitrogen and oxygen atoms in total. The fourth-order valence-corrected chi connectivity index (χ4v) is 2.55. The van der Waals surface area contributed by atoms with Crippen molar-refractivity contribution in [1.29, 1.82) is 0 Å². The zero-order valence-electron chi connectivity index (χ0n) is 16.9. The highest BCUT2D eigenvalue weighted by Crippen LogP contribution is 2.11. The second-order valence-electron chi connectivity index (χ2n) is 6.64. The van der Waals surface area contributed by atoms with E-state index in [1.807, 2.05) is 30.3 Å². The van der Waals surface area contributed by atoms with Gasteiger partial charge in [-0.15, -0.1) is 0 Å². The van der Waals surface area contributed by atoms with Crippen LogP contribution in [0.25, 0.3) is 0 Å². The molecule has 1 amide bonds. The molecule has 2 N–H and O–H groups in total. The molecule has 2 aromatic carbocycles. The molecule has 0 aliphatic carbocycles. The fraction of sp³-hybridized carbons (Fsp3) is 0.364. The van der Waals surface area contributed by atoms with Crippen molar-refractivity contribution in [1.82, 2.24) is 15.5 Å². The van der Waals surface area contributed by atoms with E-state index in [2.05, 4.69) is 39.9 Å². The van der Waals surface area contributed by atoms with Crippen LogP contribution in [0.1, 0.15) is 11.1 Å². The van der Waals surface area contributed by atoms with Gasteiger partial charge in [-0.05, 0) is 36.1 Å². The Bertz CT molecular complexity index is 743. The van der Waals surface area contributed by atoms with Gasteiger partial charge in [-0.2, -0.15) is 0 Å². The van der Waals surface area contributed by atoms with E-state index >= 15 is 0 Å². The van der Waals surface area contributed by atoms with Crippen molar-refractivity contribution in [3.8, 4) is 5.75 Å². The first-order valence-corrected chi connectivity index (χ1v) is 9.47. The summed E-state index contributed by atoms with van der Waals surface area (Å²) in [5.41, 5.74) is 2.47. The van der Waals surface area contributed by atoms with Crippen molar-refractivity contribution >= 4 is 11.9 Å². The number of nitrogens with zero attached hydrogens (tertiary/aromatic N) is 2. The van der Waals surface area contributed by atoms with Crippen LogP contribution in [0.15, 0.2) is 59.6 Å². The van der Waals surface area contributed by atoms with Crippen LogP contribution < -0.4 is 15.4 Å². The van der Waals surface area contributed by atoms with E-state index < -0.39 is 0 Å². The summed E-state index contributed by atoms with van der Waals surface area (Å²) >= 11 is 0. The summed E-state index contributed by atoms with van der Waals surface area (Å²) in [7, 11) is 5.13. The van der Waals surface area contributed by atoms with Gasteiger partial charge >= 0.3 is 0 Å². The van der Waals surface area contributed by atoms with Crippen molar-refractivity contribution in [2.24, 2.45) is 4.99 Å². The Kier molecular flexibility index (Phi) is 8.85. The molecule has 0 heterocycles. The van der Waals surface area contributed by atoms with Crippen LogP contribution in [0.3, 0.4) is 0 Å². The van der Waals surface area contributed by atoms with Gasteiger partial charge in [0, 0.05) is 27.2 Å². The standard InChI is InChI=1S/C22H30N4O2/c1-26(2)21(27)17-25-22(23-15-13-18-7-5-4-6-8-18)24-16-14-19-9-11-20(28-3)12-10-19/h4-12H,13-17H2,1-3H3,(H2,23,24,25). The molecule has 0 spiro atoms. The van der Waals surface area contributed by atoms with E-state index in [1.165, 1.54) is 11.1 Å². The Morgan fingerprint density at radius 2 is 1.50 bits per heavy atom. The molecule has 2 aromatic rings. The Morgan fingerprint density at radius 1 is 0.929 bits per heavy atom.